The lowest BCUT2D eigenvalue weighted by molar-refractivity contribution is 0.398. The van der Waals surface area contributed by atoms with Crippen molar-refractivity contribution in [1.29, 1.82) is 0 Å². The van der Waals surface area contributed by atoms with Crippen LogP contribution in [0.2, 0.25) is 0 Å². The Morgan fingerprint density at radius 3 is 2.61 bits per heavy atom. The summed E-state index contributed by atoms with van der Waals surface area (Å²) in [5.41, 5.74) is 5.58. The molecule has 1 rings (SSSR count). The third kappa shape index (κ3) is 5.70. The highest BCUT2D eigenvalue weighted by molar-refractivity contribution is 5.42. The van der Waals surface area contributed by atoms with Crippen molar-refractivity contribution in [3.8, 4) is 5.88 Å². The molecule has 1 heterocycles. The van der Waals surface area contributed by atoms with Crippen molar-refractivity contribution >= 4 is 11.8 Å². The van der Waals surface area contributed by atoms with E-state index in [4.69, 9.17) is 10.5 Å². The second-order valence-electron chi connectivity index (χ2n) is 4.35. The minimum absolute atomic E-state index is 0.236. The van der Waals surface area contributed by atoms with Gasteiger partial charge in [0.05, 0.1) is 7.11 Å². The lowest BCUT2D eigenvalue weighted by Gasteiger charge is -2.07. The summed E-state index contributed by atoms with van der Waals surface area (Å²) in [7, 11) is 1.57. The van der Waals surface area contributed by atoms with E-state index in [2.05, 4.69) is 22.2 Å². The van der Waals surface area contributed by atoms with Crippen molar-refractivity contribution in [3.05, 3.63) is 6.07 Å². The number of nitrogens with one attached hydrogen (secondary N) is 1. The molecule has 0 saturated heterocycles. The zero-order chi connectivity index (χ0) is 13.2. The van der Waals surface area contributed by atoms with Gasteiger partial charge in [0.1, 0.15) is 5.82 Å². The predicted octanol–water partition coefficient (Wildman–Crippen LogP) is 2.84. The Bertz CT molecular complexity index is 344. The Morgan fingerprint density at radius 2 is 1.89 bits per heavy atom. The highest BCUT2D eigenvalue weighted by atomic mass is 16.5. The molecule has 1 aromatic rings. The lowest BCUT2D eigenvalue weighted by atomic mass is 10.1. The number of nitrogen functional groups attached to an aromatic ring is 1. The highest BCUT2D eigenvalue weighted by Gasteiger charge is 2.01. The number of rotatable bonds is 9. The van der Waals surface area contributed by atoms with Gasteiger partial charge in [-0.05, 0) is 6.42 Å². The van der Waals surface area contributed by atoms with Crippen LogP contribution in [0.5, 0.6) is 5.88 Å². The quantitative estimate of drug-likeness (QED) is 0.661. The smallest absolute Gasteiger partial charge is 0.225 e. The summed E-state index contributed by atoms with van der Waals surface area (Å²) in [5.74, 6) is 1.46. The van der Waals surface area contributed by atoms with E-state index >= 15 is 0 Å². The summed E-state index contributed by atoms with van der Waals surface area (Å²) in [5, 5.41) is 3.24. The molecule has 18 heavy (non-hydrogen) atoms. The molecule has 0 saturated carbocycles. The lowest BCUT2D eigenvalue weighted by Crippen LogP contribution is -2.06. The van der Waals surface area contributed by atoms with Gasteiger partial charge in [-0.15, -0.1) is 0 Å². The minimum Gasteiger partial charge on any atom is -0.481 e. The van der Waals surface area contributed by atoms with E-state index in [1.165, 1.54) is 32.1 Å². The molecule has 102 valence electrons. The number of hydrogen-bond donors (Lipinski definition) is 2. The molecule has 0 aliphatic carbocycles. The Hall–Kier alpha value is -1.52. The Balaban J connectivity index is 2.20. The summed E-state index contributed by atoms with van der Waals surface area (Å²) in [6.07, 6.45) is 7.68. The first-order valence-electron chi connectivity index (χ1n) is 6.68. The molecule has 0 bridgehead atoms. The molecule has 0 amide bonds. The maximum atomic E-state index is 5.58. The molecule has 3 N–H and O–H groups in total. The van der Waals surface area contributed by atoms with Crippen LogP contribution in [-0.4, -0.2) is 23.6 Å². The van der Waals surface area contributed by atoms with Gasteiger partial charge in [0.25, 0.3) is 0 Å². The second kappa shape index (κ2) is 8.55. The van der Waals surface area contributed by atoms with Crippen LogP contribution in [0.1, 0.15) is 45.4 Å². The van der Waals surface area contributed by atoms with Crippen LogP contribution in [-0.2, 0) is 0 Å². The summed E-state index contributed by atoms with van der Waals surface area (Å²) in [6, 6.07) is 1.76. The SMILES string of the molecule is CCCCCCCCNc1cc(OC)nc(N)n1. The molecular formula is C13H24N4O. The van der Waals surface area contributed by atoms with E-state index in [-0.39, 0.29) is 5.95 Å². The Kier molecular flexibility index (Phi) is 6.91. The largest absolute Gasteiger partial charge is 0.481 e. The molecule has 0 spiro atoms. The molecule has 0 aromatic carbocycles. The van der Waals surface area contributed by atoms with Crippen LogP contribution in [0, 0.1) is 0 Å². The van der Waals surface area contributed by atoms with Crippen molar-refractivity contribution in [2.75, 3.05) is 24.7 Å². The fraction of sp³-hybridized carbons (Fsp3) is 0.692. The van der Waals surface area contributed by atoms with E-state index in [0.717, 1.165) is 18.8 Å². The summed E-state index contributed by atoms with van der Waals surface area (Å²) >= 11 is 0. The number of nitrogens with zero attached hydrogens (tertiary/aromatic N) is 2. The fourth-order valence-corrected chi connectivity index (χ4v) is 1.76. The summed E-state index contributed by atoms with van der Waals surface area (Å²) in [6.45, 7) is 3.14. The van der Waals surface area contributed by atoms with Gasteiger partial charge >= 0.3 is 0 Å². The van der Waals surface area contributed by atoms with Crippen LogP contribution in [0.15, 0.2) is 6.07 Å². The molecule has 5 heteroatoms. The average molecular weight is 252 g/mol. The molecule has 0 unspecified atom stereocenters. The summed E-state index contributed by atoms with van der Waals surface area (Å²) in [4.78, 5) is 8.04. The maximum absolute atomic E-state index is 5.58. The third-order valence-corrected chi connectivity index (χ3v) is 2.77. The molecule has 0 fully saturated rings. The van der Waals surface area contributed by atoms with Crippen LogP contribution in [0.4, 0.5) is 11.8 Å². The summed E-state index contributed by atoms with van der Waals surface area (Å²) < 4.78 is 5.04. The van der Waals surface area contributed by atoms with Gasteiger partial charge in [0, 0.05) is 12.6 Å². The number of methoxy groups -OCH3 is 1. The number of hydrogen-bond acceptors (Lipinski definition) is 5. The van der Waals surface area contributed by atoms with Crippen LogP contribution < -0.4 is 15.8 Å². The minimum atomic E-state index is 0.236. The normalized spacial score (nSPS) is 10.3. The van der Waals surface area contributed by atoms with E-state index in [0.29, 0.717) is 5.88 Å². The van der Waals surface area contributed by atoms with Crippen LogP contribution in [0.3, 0.4) is 0 Å². The van der Waals surface area contributed by atoms with E-state index in [9.17, 15) is 0 Å². The Morgan fingerprint density at radius 1 is 1.17 bits per heavy atom. The Labute approximate surface area is 109 Å². The van der Waals surface area contributed by atoms with Crippen molar-refractivity contribution in [2.45, 2.75) is 45.4 Å². The maximum Gasteiger partial charge on any atom is 0.225 e. The zero-order valence-corrected chi connectivity index (χ0v) is 11.4. The first-order chi connectivity index (χ1) is 8.76. The van der Waals surface area contributed by atoms with Gasteiger partial charge in [0.15, 0.2) is 0 Å². The fourth-order valence-electron chi connectivity index (χ4n) is 1.76. The first-order valence-corrected chi connectivity index (χ1v) is 6.68. The number of unbranched alkanes of at least 4 members (excludes halogenated alkanes) is 5. The highest BCUT2D eigenvalue weighted by Crippen LogP contribution is 2.14. The third-order valence-electron chi connectivity index (χ3n) is 2.77. The van der Waals surface area contributed by atoms with Gasteiger partial charge < -0.3 is 15.8 Å². The second-order valence-corrected chi connectivity index (χ2v) is 4.35. The number of aromatic nitrogens is 2. The molecular weight excluding hydrogens is 228 g/mol. The number of ether oxygens (including phenoxy) is 1. The van der Waals surface area contributed by atoms with Gasteiger partial charge in [-0.3, -0.25) is 0 Å². The van der Waals surface area contributed by atoms with E-state index in [1.54, 1.807) is 13.2 Å². The first kappa shape index (κ1) is 14.5. The van der Waals surface area contributed by atoms with Gasteiger partial charge in [-0.1, -0.05) is 39.0 Å². The van der Waals surface area contributed by atoms with Crippen molar-refractivity contribution < 1.29 is 4.74 Å². The number of anilines is 2. The van der Waals surface area contributed by atoms with E-state index in [1.807, 2.05) is 0 Å². The standard InChI is InChI=1S/C13H24N4O/c1-3-4-5-6-7-8-9-15-11-10-12(18-2)17-13(14)16-11/h10H,3-9H2,1-2H3,(H3,14,15,16,17). The number of nitrogens with two attached hydrogens (primary N) is 1. The monoisotopic (exact) mass is 252 g/mol. The van der Waals surface area contributed by atoms with Crippen LogP contribution in [0.25, 0.3) is 0 Å². The van der Waals surface area contributed by atoms with Gasteiger partial charge in [-0.25, -0.2) is 0 Å². The zero-order valence-electron chi connectivity index (χ0n) is 11.4. The van der Waals surface area contributed by atoms with Crippen molar-refractivity contribution in [3.63, 3.8) is 0 Å². The predicted molar refractivity (Wildman–Crippen MR) is 74.9 cm³/mol. The van der Waals surface area contributed by atoms with E-state index < -0.39 is 0 Å². The van der Waals surface area contributed by atoms with Crippen molar-refractivity contribution in [1.82, 2.24) is 9.97 Å². The van der Waals surface area contributed by atoms with Gasteiger partial charge in [0.2, 0.25) is 11.8 Å². The molecule has 0 aliphatic heterocycles. The topological polar surface area (TPSA) is 73.1 Å². The molecule has 0 radical (unpaired) electrons. The molecule has 0 aliphatic rings. The van der Waals surface area contributed by atoms with Crippen molar-refractivity contribution in [2.24, 2.45) is 0 Å². The molecule has 0 atom stereocenters. The molecule has 5 nitrogen and oxygen atoms in total. The average Bonchev–Trinajstić information content (AvgIpc) is 2.37. The van der Waals surface area contributed by atoms with Gasteiger partial charge in [-0.2, -0.15) is 9.97 Å². The molecule has 1 aromatic heterocycles. The van der Waals surface area contributed by atoms with Crippen LogP contribution >= 0.6 is 0 Å².